The van der Waals surface area contributed by atoms with Gasteiger partial charge in [-0.15, -0.1) is 0 Å². The monoisotopic (exact) mass is 815 g/mol. The van der Waals surface area contributed by atoms with E-state index in [2.05, 4.69) is 229 Å². The van der Waals surface area contributed by atoms with Crippen LogP contribution in [0.5, 0.6) is 0 Å². The second kappa shape index (κ2) is 14.7. The highest BCUT2D eigenvalue weighted by Gasteiger charge is 2.20. The second-order valence-electron chi connectivity index (χ2n) is 17.1. The number of rotatable bonds is 6. The Balaban J connectivity index is 0.961. The lowest BCUT2D eigenvalue weighted by molar-refractivity contribution is 0.668. The Hall–Kier alpha value is -8.20. The zero-order valence-electron chi connectivity index (χ0n) is 35.1. The van der Waals surface area contributed by atoms with Crippen molar-refractivity contribution in [3.8, 4) is 33.4 Å². The first-order chi connectivity index (χ1) is 31.7. The van der Waals surface area contributed by atoms with Crippen LogP contribution in [-0.2, 0) is 6.42 Å². The van der Waals surface area contributed by atoms with Crippen LogP contribution < -0.4 is 4.90 Å². The summed E-state index contributed by atoms with van der Waals surface area (Å²) in [5, 5.41) is 12.4. The van der Waals surface area contributed by atoms with Gasteiger partial charge in [-0.25, -0.2) is 0 Å². The summed E-state index contributed by atoms with van der Waals surface area (Å²) >= 11 is 0. The number of nitrogens with zero attached hydrogens (tertiary/aromatic N) is 1. The van der Waals surface area contributed by atoms with E-state index in [1.165, 1.54) is 76.5 Å². The average Bonchev–Trinajstić information content (AvgIpc) is 3.72. The van der Waals surface area contributed by atoms with Gasteiger partial charge in [0.05, 0.1) is 5.69 Å². The van der Waals surface area contributed by atoms with E-state index >= 15 is 0 Å². The lowest BCUT2D eigenvalue weighted by atomic mass is 9.93. The quantitative estimate of drug-likeness (QED) is 0.155. The van der Waals surface area contributed by atoms with Crippen molar-refractivity contribution in [1.29, 1.82) is 0 Å². The fourth-order valence-corrected chi connectivity index (χ4v) is 10.4. The lowest BCUT2D eigenvalue weighted by Crippen LogP contribution is -2.11. The summed E-state index contributed by atoms with van der Waals surface area (Å²) < 4.78 is 6.48. The molecule has 64 heavy (non-hydrogen) atoms. The molecule has 0 saturated heterocycles. The largest absolute Gasteiger partial charge is 0.456 e. The van der Waals surface area contributed by atoms with E-state index in [0.29, 0.717) is 0 Å². The summed E-state index contributed by atoms with van der Waals surface area (Å²) in [4.78, 5) is 2.41. The summed E-state index contributed by atoms with van der Waals surface area (Å²) in [5.74, 6) is 0. The van der Waals surface area contributed by atoms with Crippen molar-refractivity contribution < 1.29 is 4.42 Å². The number of anilines is 3. The van der Waals surface area contributed by atoms with E-state index < -0.39 is 0 Å². The predicted octanol–water partition coefficient (Wildman–Crippen LogP) is 17.6. The van der Waals surface area contributed by atoms with E-state index in [4.69, 9.17) is 4.42 Å². The molecular formula is C62H41NO. The van der Waals surface area contributed by atoms with Crippen LogP contribution in [0.4, 0.5) is 17.1 Å². The summed E-state index contributed by atoms with van der Waals surface area (Å²) in [7, 11) is 0. The lowest BCUT2D eigenvalue weighted by Gasteiger charge is -2.28. The fourth-order valence-electron chi connectivity index (χ4n) is 10.4. The number of benzene rings is 11. The molecule has 0 amide bonds. The van der Waals surface area contributed by atoms with E-state index in [1.807, 2.05) is 0 Å². The van der Waals surface area contributed by atoms with Gasteiger partial charge < -0.3 is 9.32 Å². The molecule has 0 radical (unpaired) electrons. The molecule has 1 aliphatic rings. The normalized spacial score (nSPS) is 12.5. The van der Waals surface area contributed by atoms with Gasteiger partial charge in [-0.2, -0.15) is 0 Å². The topological polar surface area (TPSA) is 16.4 Å². The van der Waals surface area contributed by atoms with Crippen LogP contribution in [0.15, 0.2) is 223 Å². The maximum atomic E-state index is 6.48. The molecule has 11 aromatic carbocycles. The van der Waals surface area contributed by atoms with Crippen LogP contribution in [0, 0.1) is 0 Å². The van der Waals surface area contributed by atoms with Gasteiger partial charge in [-0.05, 0) is 156 Å². The third kappa shape index (κ3) is 5.95. The zero-order chi connectivity index (χ0) is 42.1. The molecule has 0 atom stereocenters. The van der Waals surface area contributed by atoms with Gasteiger partial charge in [0, 0.05) is 27.7 Å². The van der Waals surface area contributed by atoms with E-state index in [9.17, 15) is 0 Å². The van der Waals surface area contributed by atoms with Gasteiger partial charge in [0.25, 0.3) is 0 Å². The molecular weight excluding hydrogens is 775 g/mol. The fraction of sp³-hybridized carbons (Fsp3) is 0.0323. The Morgan fingerprint density at radius 2 is 0.953 bits per heavy atom. The van der Waals surface area contributed by atoms with Crippen LogP contribution in [0.1, 0.15) is 17.5 Å². The molecule has 1 aliphatic carbocycles. The minimum atomic E-state index is 0.910. The molecule has 0 saturated carbocycles. The first-order valence-electron chi connectivity index (χ1n) is 22.3. The molecule has 0 spiro atoms. The molecule has 300 valence electrons. The smallest absolute Gasteiger partial charge is 0.135 e. The Bertz CT molecular complexity index is 3830. The second-order valence-corrected chi connectivity index (χ2v) is 17.1. The van der Waals surface area contributed by atoms with Gasteiger partial charge >= 0.3 is 0 Å². The number of furan rings is 1. The number of para-hydroxylation sites is 1. The van der Waals surface area contributed by atoms with Crippen LogP contribution in [-0.4, -0.2) is 0 Å². The first-order valence-corrected chi connectivity index (χ1v) is 22.3. The molecule has 0 bridgehead atoms. The van der Waals surface area contributed by atoms with Gasteiger partial charge in [0.15, 0.2) is 0 Å². The number of allylic oxidation sites excluding steroid dienone is 1. The van der Waals surface area contributed by atoms with Gasteiger partial charge in [0.2, 0.25) is 0 Å². The highest BCUT2D eigenvalue weighted by atomic mass is 16.3. The van der Waals surface area contributed by atoms with Crippen molar-refractivity contribution in [3.05, 3.63) is 230 Å². The van der Waals surface area contributed by atoms with Crippen molar-refractivity contribution in [3.63, 3.8) is 0 Å². The first kappa shape index (κ1) is 36.5. The van der Waals surface area contributed by atoms with Crippen molar-refractivity contribution in [2.24, 2.45) is 0 Å². The standard InChI is InChI=1S/C62H41NO/c1-2-14-44-39-62-59(36-43(44)13-1)58-38-46(29-35-61(58)64-62)52-18-9-10-23-60(52)63(47-30-24-41(25-31-47)50-21-11-22-54-49-16-5-3-12-40(49)28-34-56(50)54)48-32-26-42(27-33-48)57-37-45-15-4-6-17-51(45)53-19-7-8-20-55(53)57/h1,3-13,15-39H,2,14H2. The molecule has 2 nitrogen and oxygen atoms in total. The van der Waals surface area contributed by atoms with Crippen molar-refractivity contribution in [1.82, 2.24) is 0 Å². The van der Waals surface area contributed by atoms with Crippen LogP contribution in [0.25, 0.3) is 104 Å². The molecule has 13 rings (SSSR count). The summed E-state index contributed by atoms with van der Waals surface area (Å²) in [6.07, 6.45) is 6.66. The zero-order valence-corrected chi connectivity index (χ0v) is 35.1. The molecule has 12 aromatic rings. The molecule has 0 N–H and O–H groups in total. The number of hydrogen-bond acceptors (Lipinski definition) is 2. The third-order valence-corrected chi connectivity index (χ3v) is 13.5. The number of aryl methyl sites for hydroxylation is 1. The minimum absolute atomic E-state index is 0.910. The van der Waals surface area contributed by atoms with Gasteiger partial charge in [-0.3, -0.25) is 0 Å². The molecule has 1 heterocycles. The Kier molecular flexibility index (Phi) is 8.39. The van der Waals surface area contributed by atoms with Crippen molar-refractivity contribution in [2.45, 2.75) is 12.8 Å². The summed E-state index contributed by atoms with van der Waals surface area (Å²) in [6, 6.07) is 78.0. The van der Waals surface area contributed by atoms with Gasteiger partial charge in [0.1, 0.15) is 11.2 Å². The maximum absolute atomic E-state index is 6.48. The Morgan fingerprint density at radius 1 is 0.359 bits per heavy atom. The minimum Gasteiger partial charge on any atom is -0.456 e. The van der Waals surface area contributed by atoms with E-state index in [1.54, 1.807) is 0 Å². The number of fused-ring (bicyclic) bond motifs is 10. The van der Waals surface area contributed by atoms with Crippen molar-refractivity contribution >= 4 is 88.2 Å². The molecule has 2 heteroatoms. The predicted molar refractivity (Wildman–Crippen MR) is 272 cm³/mol. The van der Waals surface area contributed by atoms with Gasteiger partial charge in [-0.1, -0.05) is 164 Å². The molecule has 0 aliphatic heterocycles. The number of hydrogen-bond donors (Lipinski definition) is 0. The highest BCUT2D eigenvalue weighted by molar-refractivity contribution is 6.14. The molecule has 1 aromatic heterocycles. The Labute approximate surface area is 371 Å². The molecule has 0 fully saturated rings. The third-order valence-electron chi connectivity index (χ3n) is 13.5. The summed E-state index contributed by atoms with van der Waals surface area (Å²) in [6.45, 7) is 0. The summed E-state index contributed by atoms with van der Waals surface area (Å²) in [5.41, 5.74) is 14.9. The average molecular weight is 816 g/mol. The van der Waals surface area contributed by atoms with Crippen molar-refractivity contribution in [2.75, 3.05) is 4.90 Å². The maximum Gasteiger partial charge on any atom is 0.135 e. The van der Waals surface area contributed by atoms with Crippen LogP contribution >= 0.6 is 0 Å². The van der Waals surface area contributed by atoms with E-state index in [0.717, 1.165) is 63.0 Å². The van der Waals surface area contributed by atoms with E-state index in [-0.39, 0.29) is 0 Å². The molecule has 0 unspecified atom stereocenters. The SMILES string of the molecule is C1=Cc2cc3c(cc2CC1)oc1ccc(-c2ccccc2N(c2ccc(-c4cccc5c4ccc4ccccc45)cc2)c2ccc(-c4cc5ccccc5c5ccccc45)cc2)cc13. The van der Waals surface area contributed by atoms with Crippen LogP contribution in [0.3, 0.4) is 0 Å². The van der Waals surface area contributed by atoms with Crippen LogP contribution in [0.2, 0.25) is 0 Å². The highest BCUT2D eigenvalue weighted by Crippen LogP contribution is 2.45. The Morgan fingerprint density at radius 3 is 1.75 bits per heavy atom.